The highest BCUT2D eigenvalue weighted by Crippen LogP contribution is 2.38. The maximum atomic E-state index is 14.5. The molecule has 1 fully saturated rings. The molecule has 6 rings (SSSR count). The van der Waals surface area contributed by atoms with Gasteiger partial charge in [0, 0.05) is 23.6 Å². The SMILES string of the molecule is CCCc1c(Cc2ccc(-c3ccccc3-c3noc(=O)[nH]3)cc2)c(=O)n([C@H]2CC[C@](C)(OCC(C)(C)O)CC2)c2nc(C)nn12. The van der Waals surface area contributed by atoms with Crippen LogP contribution in [0.5, 0.6) is 0 Å². The van der Waals surface area contributed by atoms with Gasteiger partial charge in [0.05, 0.1) is 23.5 Å². The smallest absolute Gasteiger partial charge is 0.388 e. The van der Waals surface area contributed by atoms with Gasteiger partial charge in [-0.25, -0.2) is 9.31 Å². The van der Waals surface area contributed by atoms with Crippen LogP contribution < -0.4 is 11.3 Å². The van der Waals surface area contributed by atoms with E-state index < -0.39 is 11.4 Å². The van der Waals surface area contributed by atoms with Crippen molar-refractivity contribution in [2.75, 3.05) is 6.61 Å². The molecule has 3 heterocycles. The molecular formula is C35H42N6O5. The third-order valence-electron chi connectivity index (χ3n) is 8.90. The number of hydrogen-bond donors (Lipinski definition) is 2. The Balaban J connectivity index is 1.33. The quantitative estimate of drug-likeness (QED) is 0.210. The van der Waals surface area contributed by atoms with E-state index in [1.54, 1.807) is 13.8 Å². The van der Waals surface area contributed by atoms with Gasteiger partial charge in [-0.1, -0.05) is 67.0 Å². The van der Waals surface area contributed by atoms with E-state index in [4.69, 9.17) is 19.3 Å². The molecule has 3 aromatic heterocycles. The minimum absolute atomic E-state index is 0.0150. The van der Waals surface area contributed by atoms with E-state index in [1.165, 1.54) is 0 Å². The molecule has 0 atom stereocenters. The van der Waals surface area contributed by atoms with Gasteiger partial charge in [0.15, 0.2) is 5.82 Å². The van der Waals surface area contributed by atoms with Gasteiger partial charge in [-0.2, -0.15) is 10.1 Å². The number of H-pyrrole nitrogens is 1. The molecule has 11 heteroatoms. The summed E-state index contributed by atoms with van der Waals surface area (Å²) in [6, 6.07) is 15.8. The minimum Gasteiger partial charge on any atom is -0.388 e. The molecule has 1 saturated carbocycles. The zero-order valence-corrected chi connectivity index (χ0v) is 27.2. The number of aryl methyl sites for hydroxylation is 2. The molecule has 0 unspecified atom stereocenters. The molecule has 0 aliphatic heterocycles. The van der Waals surface area contributed by atoms with Crippen LogP contribution in [0.3, 0.4) is 0 Å². The summed E-state index contributed by atoms with van der Waals surface area (Å²) in [5, 5.41) is 18.8. The number of nitrogens with one attached hydrogen (secondary N) is 1. The summed E-state index contributed by atoms with van der Waals surface area (Å²) in [6.45, 7) is 9.83. The number of rotatable bonds is 10. The molecule has 0 radical (unpaired) electrons. The standard InChI is InChI=1S/C35H42N6O5/c1-6-9-29-28(20-23-12-14-24(15-13-23)26-10-7-8-11-27(26)30-37-33(43)46-39-30)31(42)40(32-36-22(2)38-41(29)32)25-16-18-35(5,19-17-25)45-21-34(3,4)44/h7-8,10-15,25,44H,6,9,16-21H2,1-5H3,(H,37,39,43)/t25-,35-. The number of aromatic nitrogens is 6. The molecule has 5 aromatic rings. The number of hydrogen-bond acceptors (Lipinski definition) is 8. The molecule has 11 nitrogen and oxygen atoms in total. The van der Waals surface area contributed by atoms with Crippen LogP contribution in [-0.2, 0) is 17.6 Å². The monoisotopic (exact) mass is 626 g/mol. The maximum Gasteiger partial charge on any atom is 0.439 e. The zero-order valence-electron chi connectivity index (χ0n) is 27.2. The third-order valence-corrected chi connectivity index (χ3v) is 8.90. The highest BCUT2D eigenvalue weighted by molar-refractivity contribution is 5.80. The number of aromatic amines is 1. The lowest BCUT2D eigenvalue weighted by Gasteiger charge is -2.39. The molecule has 0 spiro atoms. The predicted octanol–water partition coefficient (Wildman–Crippen LogP) is 5.41. The number of fused-ring (bicyclic) bond motifs is 1. The van der Waals surface area contributed by atoms with Gasteiger partial charge in [0.2, 0.25) is 5.78 Å². The van der Waals surface area contributed by atoms with Gasteiger partial charge < -0.3 is 9.84 Å². The van der Waals surface area contributed by atoms with Crippen LogP contribution >= 0.6 is 0 Å². The van der Waals surface area contributed by atoms with E-state index in [0.29, 0.717) is 30.3 Å². The Morgan fingerprint density at radius 1 is 1.09 bits per heavy atom. The van der Waals surface area contributed by atoms with E-state index >= 15 is 0 Å². The summed E-state index contributed by atoms with van der Waals surface area (Å²) in [5.74, 6) is 0.999. The summed E-state index contributed by atoms with van der Waals surface area (Å²) in [7, 11) is 0. The average molecular weight is 627 g/mol. The van der Waals surface area contributed by atoms with Gasteiger partial charge in [-0.15, -0.1) is 0 Å². The fraction of sp³-hybridized carbons (Fsp3) is 0.457. The van der Waals surface area contributed by atoms with Crippen molar-refractivity contribution in [3.63, 3.8) is 0 Å². The first-order chi connectivity index (χ1) is 21.9. The summed E-state index contributed by atoms with van der Waals surface area (Å²) in [5.41, 5.74) is 3.99. The van der Waals surface area contributed by atoms with Gasteiger partial charge in [-0.3, -0.25) is 18.9 Å². The molecule has 2 N–H and O–H groups in total. The number of aliphatic hydroxyl groups is 1. The van der Waals surface area contributed by atoms with Crippen LogP contribution in [0.1, 0.15) is 88.5 Å². The molecule has 1 aliphatic carbocycles. The lowest BCUT2D eigenvalue weighted by Crippen LogP contribution is -2.41. The Labute approximate surface area is 267 Å². The highest BCUT2D eigenvalue weighted by Gasteiger charge is 2.36. The van der Waals surface area contributed by atoms with Crippen molar-refractivity contribution in [1.82, 2.24) is 29.3 Å². The highest BCUT2D eigenvalue weighted by atomic mass is 16.5. The van der Waals surface area contributed by atoms with Crippen LogP contribution in [-0.4, -0.2) is 52.2 Å². The Bertz CT molecular complexity index is 1950. The predicted molar refractivity (Wildman–Crippen MR) is 175 cm³/mol. The van der Waals surface area contributed by atoms with Crippen LogP contribution in [0, 0.1) is 6.92 Å². The van der Waals surface area contributed by atoms with E-state index in [2.05, 4.69) is 24.0 Å². The van der Waals surface area contributed by atoms with Crippen molar-refractivity contribution >= 4 is 5.78 Å². The van der Waals surface area contributed by atoms with Gasteiger partial charge in [-0.05, 0) is 76.5 Å². The lowest BCUT2D eigenvalue weighted by atomic mass is 9.83. The zero-order chi connectivity index (χ0) is 32.6. The van der Waals surface area contributed by atoms with E-state index in [-0.39, 0.29) is 23.8 Å². The first-order valence-corrected chi connectivity index (χ1v) is 16.1. The molecule has 0 bridgehead atoms. The second kappa shape index (κ2) is 12.4. The van der Waals surface area contributed by atoms with Crippen molar-refractivity contribution in [3.8, 4) is 22.5 Å². The number of benzene rings is 2. The number of ether oxygens (including phenoxy) is 1. The van der Waals surface area contributed by atoms with Gasteiger partial charge in [0.1, 0.15) is 5.82 Å². The van der Waals surface area contributed by atoms with Crippen molar-refractivity contribution < 1.29 is 14.4 Å². The summed E-state index contributed by atoms with van der Waals surface area (Å²) < 4.78 is 14.7. The average Bonchev–Trinajstić information content (AvgIpc) is 3.64. The normalized spacial score (nSPS) is 18.8. The van der Waals surface area contributed by atoms with Crippen molar-refractivity contribution in [1.29, 1.82) is 0 Å². The van der Waals surface area contributed by atoms with Crippen molar-refractivity contribution in [2.24, 2.45) is 0 Å². The first kappa shape index (κ1) is 31.6. The van der Waals surface area contributed by atoms with E-state index in [1.807, 2.05) is 64.5 Å². The van der Waals surface area contributed by atoms with E-state index in [0.717, 1.165) is 65.6 Å². The second-order valence-electron chi connectivity index (χ2n) is 13.4. The van der Waals surface area contributed by atoms with Gasteiger partial charge in [0.25, 0.3) is 5.56 Å². The summed E-state index contributed by atoms with van der Waals surface area (Å²) in [4.78, 5) is 33.4. The fourth-order valence-electron chi connectivity index (χ4n) is 6.49. The van der Waals surface area contributed by atoms with Crippen molar-refractivity contribution in [3.05, 3.63) is 92.1 Å². The molecule has 2 aromatic carbocycles. The fourth-order valence-corrected chi connectivity index (χ4v) is 6.49. The number of nitrogens with zero attached hydrogens (tertiary/aromatic N) is 5. The molecule has 46 heavy (non-hydrogen) atoms. The molecule has 242 valence electrons. The van der Waals surface area contributed by atoms with Crippen LogP contribution in [0.4, 0.5) is 0 Å². The Kier molecular flexibility index (Phi) is 8.56. The minimum atomic E-state index is -0.898. The summed E-state index contributed by atoms with van der Waals surface area (Å²) >= 11 is 0. The second-order valence-corrected chi connectivity index (χ2v) is 13.4. The van der Waals surface area contributed by atoms with E-state index in [9.17, 15) is 14.7 Å². The third kappa shape index (κ3) is 6.47. The van der Waals surface area contributed by atoms with Crippen LogP contribution in [0.15, 0.2) is 62.6 Å². The topological polar surface area (TPSA) is 141 Å². The molecule has 0 amide bonds. The Morgan fingerprint density at radius 2 is 1.78 bits per heavy atom. The Morgan fingerprint density at radius 3 is 2.41 bits per heavy atom. The maximum absolute atomic E-state index is 14.5. The van der Waals surface area contributed by atoms with Crippen LogP contribution in [0.2, 0.25) is 0 Å². The molecule has 1 aliphatic rings. The largest absolute Gasteiger partial charge is 0.439 e. The molecular weight excluding hydrogens is 584 g/mol. The van der Waals surface area contributed by atoms with Crippen molar-refractivity contribution in [2.45, 2.75) is 96.8 Å². The lowest BCUT2D eigenvalue weighted by molar-refractivity contribution is -0.117. The molecule has 0 saturated heterocycles. The Hall–Kier alpha value is -4.35. The van der Waals surface area contributed by atoms with Gasteiger partial charge >= 0.3 is 5.76 Å². The first-order valence-electron chi connectivity index (χ1n) is 16.1. The summed E-state index contributed by atoms with van der Waals surface area (Å²) in [6.07, 6.45) is 5.11. The van der Waals surface area contributed by atoms with Crippen LogP contribution in [0.25, 0.3) is 28.3 Å².